The number of nitrogens with one attached hydrogen (secondary N) is 2. The Morgan fingerprint density at radius 3 is 2.64 bits per heavy atom. The summed E-state index contributed by atoms with van der Waals surface area (Å²) in [5.74, 6) is 0.129. The van der Waals surface area contributed by atoms with E-state index in [4.69, 9.17) is 4.42 Å². The lowest BCUT2D eigenvalue weighted by Gasteiger charge is -2.12. The van der Waals surface area contributed by atoms with Gasteiger partial charge in [0.1, 0.15) is 0 Å². The minimum absolute atomic E-state index is 0.0780. The van der Waals surface area contributed by atoms with Gasteiger partial charge in [0.25, 0.3) is 5.91 Å². The highest BCUT2D eigenvalue weighted by Crippen LogP contribution is 2.24. The summed E-state index contributed by atoms with van der Waals surface area (Å²) in [4.78, 5) is 28.8. The van der Waals surface area contributed by atoms with Crippen molar-refractivity contribution in [2.45, 2.75) is 25.5 Å². The zero-order valence-electron chi connectivity index (χ0n) is 18.4. The molecule has 2 aromatic heterocycles. The first-order valence-electron chi connectivity index (χ1n) is 10.4. The third-order valence-electron chi connectivity index (χ3n) is 5.22. The first-order valence-corrected chi connectivity index (χ1v) is 11.4. The van der Waals surface area contributed by atoms with Gasteiger partial charge in [0, 0.05) is 24.6 Å². The van der Waals surface area contributed by atoms with E-state index in [0.29, 0.717) is 12.2 Å². The maximum absolute atomic E-state index is 12.4. The molecule has 33 heavy (non-hydrogen) atoms. The van der Waals surface area contributed by atoms with Crippen molar-refractivity contribution in [2.24, 2.45) is 0 Å². The van der Waals surface area contributed by atoms with Gasteiger partial charge in [0.15, 0.2) is 10.9 Å². The summed E-state index contributed by atoms with van der Waals surface area (Å²) in [7, 11) is 0. The normalized spacial score (nSPS) is 10.7. The summed E-state index contributed by atoms with van der Waals surface area (Å²) in [6, 6.07) is 16.7. The number of carbonyl (C=O) groups excluding carboxylic acids is 2. The van der Waals surface area contributed by atoms with E-state index in [-0.39, 0.29) is 23.3 Å². The Morgan fingerprint density at radius 1 is 1.06 bits per heavy atom. The predicted molar refractivity (Wildman–Crippen MR) is 129 cm³/mol. The summed E-state index contributed by atoms with van der Waals surface area (Å²) in [6.07, 6.45) is 5.11. The fraction of sp³-hybridized carbons (Fsp3) is 0.160. The van der Waals surface area contributed by atoms with Crippen LogP contribution in [-0.4, -0.2) is 27.1 Å². The number of amides is 2. The smallest absolute Gasteiger partial charge is 0.291 e. The third-order valence-corrected chi connectivity index (χ3v) is 6.19. The van der Waals surface area contributed by atoms with E-state index >= 15 is 0 Å². The summed E-state index contributed by atoms with van der Waals surface area (Å²) in [5, 5.41) is 6.46. The van der Waals surface area contributed by atoms with Crippen LogP contribution < -0.4 is 10.6 Å². The molecule has 2 heterocycles. The Bertz CT molecular complexity index is 1250. The van der Waals surface area contributed by atoms with Crippen LogP contribution in [0.3, 0.4) is 0 Å². The highest BCUT2D eigenvalue weighted by molar-refractivity contribution is 7.99. The molecule has 2 aromatic carbocycles. The maximum Gasteiger partial charge on any atom is 0.291 e. The van der Waals surface area contributed by atoms with Crippen molar-refractivity contribution in [3.63, 3.8) is 0 Å². The second-order valence-electron chi connectivity index (χ2n) is 7.49. The standard InChI is InChI=1S/C25H24N4O3S/c1-17-5-3-6-21(18(17)2)29-13-12-26-25(29)33-16-23(30)27-15-19-8-10-20(11-9-19)28-24(31)22-7-4-14-32-22/h3-14H,15-16H2,1-2H3,(H,27,30)(H,28,31). The third kappa shape index (κ3) is 5.53. The van der Waals surface area contributed by atoms with Gasteiger partial charge in [0.05, 0.1) is 17.7 Å². The highest BCUT2D eigenvalue weighted by atomic mass is 32.2. The number of benzene rings is 2. The number of aryl methyl sites for hydroxylation is 1. The summed E-state index contributed by atoms with van der Waals surface area (Å²) in [6.45, 7) is 4.56. The molecule has 7 nitrogen and oxygen atoms in total. The summed E-state index contributed by atoms with van der Waals surface area (Å²) >= 11 is 1.40. The van der Waals surface area contributed by atoms with Gasteiger partial charge in [-0.3, -0.25) is 14.2 Å². The van der Waals surface area contributed by atoms with Gasteiger partial charge in [-0.2, -0.15) is 0 Å². The van der Waals surface area contributed by atoms with Gasteiger partial charge in [-0.15, -0.1) is 0 Å². The van der Waals surface area contributed by atoms with Crippen molar-refractivity contribution >= 4 is 29.3 Å². The SMILES string of the molecule is Cc1cccc(-n2ccnc2SCC(=O)NCc2ccc(NC(=O)c3ccco3)cc2)c1C. The minimum atomic E-state index is -0.308. The fourth-order valence-electron chi connectivity index (χ4n) is 3.26. The van der Waals surface area contributed by atoms with Crippen molar-refractivity contribution in [1.29, 1.82) is 0 Å². The van der Waals surface area contributed by atoms with E-state index in [1.54, 1.807) is 30.5 Å². The van der Waals surface area contributed by atoms with Gasteiger partial charge in [-0.1, -0.05) is 36.0 Å². The molecule has 168 valence electrons. The van der Waals surface area contributed by atoms with Crippen molar-refractivity contribution in [1.82, 2.24) is 14.9 Å². The Balaban J connectivity index is 1.28. The number of furan rings is 1. The number of imidazole rings is 1. The summed E-state index contributed by atoms with van der Waals surface area (Å²) < 4.78 is 7.09. The lowest BCUT2D eigenvalue weighted by molar-refractivity contribution is -0.118. The molecule has 0 unspecified atom stereocenters. The van der Waals surface area contributed by atoms with Crippen LogP contribution in [0.1, 0.15) is 27.2 Å². The number of carbonyl (C=O) groups is 2. The van der Waals surface area contributed by atoms with Crippen molar-refractivity contribution < 1.29 is 14.0 Å². The Hall–Kier alpha value is -3.78. The van der Waals surface area contributed by atoms with Crippen LogP contribution in [-0.2, 0) is 11.3 Å². The van der Waals surface area contributed by atoms with Crippen LogP contribution in [0, 0.1) is 13.8 Å². The first kappa shape index (κ1) is 22.4. The first-order chi connectivity index (χ1) is 16.0. The number of hydrogen-bond acceptors (Lipinski definition) is 5. The average molecular weight is 461 g/mol. The maximum atomic E-state index is 12.4. The molecular weight excluding hydrogens is 436 g/mol. The number of nitrogens with zero attached hydrogens (tertiary/aromatic N) is 2. The Labute approximate surface area is 196 Å². The van der Waals surface area contributed by atoms with Crippen LogP contribution in [0.5, 0.6) is 0 Å². The van der Waals surface area contributed by atoms with E-state index in [2.05, 4.69) is 41.6 Å². The van der Waals surface area contributed by atoms with Crippen molar-refractivity contribution in [2.75, 3.05) is 11.1 Å². The second-order valence-corrected chi connectivity index (χ2v) is 8.44. The number of thioether (sulfide) groups is 1. The van der Waals surface area contributed by atoms with E-state index in [0.717, 1.165) is 16.4 Å². The van der Waals surface area contributed by atoms with Gasteiger partial charge in [-0.25, -0.2) is 4.98 Å². The molecule has 0 aliphatic rings. The number of hydrogen-bond donors (Lipinski definition) is 2. The zero-order chi connectivity index (χ0) is 23.2. The van der Waals surface area contributed by atoms with E-state index < -0.39 is 0 Å². The molecular formula is C25H24N4O3S. The summed E-state index contributed by atoms with van der Waals surface area (Å²) in [5.41, 5.74) is 5.04. The van der Waals surface area contributed by atoms with Crippen LogP contribution in [0.4, 0.5) is 5.69 Å². The predicted octanol–water partition coefficient (Wildman–Crippen LogP) is 4.74. The van der Waals surface area contributed by atoms with E-state index in [1.165, 1.54) is 29.2 Å². The number of rotatable bonds is 8. The molecule has 0 bridgehead atoms. The molecule has 0 saturated heterocycles. The van der Waals surface area contributed by atoms with Crippen LogP contribution in [0.2, 0.25) is 0 Å². The highest BCUT2D eigenvalue weighted by Gasteiger charge is 2.12. The fourth-order valence-corrected chi connectivity index (χ4v) is 4.06. The van der Waals surface area contributed by atoms with Gasteiger partial charge < -0.3 is 15.1 Å². The van der Waals surface area contributed by atoms with E-state index in [1.807, 2.05) is 29.0 Å². The van der Waals surface area contributed by atoms with Crippen LogP contribution in [0.15, 0.2) is 82.8 Å². The molecule has 4 aromatic rings. The molecule has 0 spiro atoms. The monoisotopic (exact) mass is 460 g/mol. The van der Waals surface area contributed by atoms with Crippen LogP contribution in [0.25, 0.3) is 5.69 Å². The lowest BCUT2D eigenvalue weighted by Crippen LogP contribution is -2.24. The largest absolute Gasteiger partial charge is 0.459 e. The van der Waals surface area contributed by atoms with E-state index in [9.17, 15) is 9.59 Å². The molecule has 0 atom stereocenters. The minimum Gasteiger partial charge on any atom is -0.459 e. The van der Waals surface area contributed by atoms with Gasteiger partial charge in [0.2, 0.25) is 5.91 Å². The molecule has 0 fully saturated rings. The van der Waals surface area contributed by atoms with Crippen LogP contribution >= 0.6 is 11.8 Å². The van der Waals surface area contributed by atoms with Gasteiger partial charge in [-0.05, 0) is 60.9 Å². The molecule has 2 N–H and O–H groups in total. The quantitative estimate of drug-likeness (QED) is 0.371. The molecule has 0 radical (unpaired) electrons. The van der Waals surface area contributed by atoms with Gasteiger partial charge >= 0.3 is 0 Å². The Morgan fingerprint density at radius 2 is 1.88 bits per heavy atom. The molecule has 0 aliphatic heterocycles. The molecule has 0 aliphatic carbocycles. The van der Waals surface area contributed by atoms with Crippen molar-refractivity contribution in [3.05, 3.63) is 95.7 Å². The molecule has 8 heteroatoms. The topological polar surface area (TPSA) is 89.2 Å². The lowest BCUT2D eigenvalue weighted by atomic mass is 10.1. The second kappa shape index (κ2) is 10.2. The van der Waals surface area contributed by atoms with Crippen molar-refractivity contribution in [3.8, 4) is 5.69 Å². The molecule has 2 amide bonds. The molecule has 0 saturated carbocycles. The Kier molecular flexibility index (Phi) is 6.95. The number of anilines is 1. The zero-order valence-corrected chi connectivity index (χ0v) is 19.2. The average Bonchev–Trinajstić information content (AvgIpc) is 3.51. The molecule has 4 rings (SSSR count). The number of aromatic nitrogens is 2.